The van der Waals surface area contributed by atoms with Gasteiger partial charge in [0, 0.05) is 5.56 Å². The SMILES string of the molecule is Cc1nc([C@@H](C)NC(=O)c2ccc3nc(C)c(C)nc3c2)n[nH]1. The molecule has 0 radical (unpaired) electrons. The molecule has 1 amide bonds. The molecule has 7 heteroatoms. The van der Waals surface area contributed by atoms with Crippen molar-refractivity contribution in [3.63, 3.8) is 0 Å². The predicted octanol–water partition coefficient (Wildman–Crippen LogP) is 2.16. The molecule has 2 aromatic heterocycles. The van der Waals surface area contributed by atoms with Crippen LogP contribution in [0.15, 0.2) is 18.2 Å². The molecule has 0 fully saturated rings. The third kappa shape index (κ3) is 3.03. The summed E-state index contributed by atoms with van der Waals surface area (Å²) in [6, 6.07) is 5.02. The number of hydrogen-bond acceptors (Lipinski definition) is 5. The summed E-state index contributed by atoms with van der Waals surface area (Å²) in [7, 11) is 0. The molecule has 3 aromatic rings. The van der Waals surface area contributed by atoms with Crippen molar-refractivity contribution in [3.05, 3.63) is 46.8 Å². The maximum Gasteiger partial charge on any atom is 0.251 e. The lowest BCUT2D eigenvalue weighted by Gasteiger charge is -2.11. The van der Waals surface area contributed by atoms with E-state index in [1.807, 2.05) is 33.8 Å². The fourth-order valence-electron chi connectivity index (χ4n) is 2.27. The predicted molar refractivity (Wildman–Crippen MR) is 86.0 cm³/mol. The highest BCUT2D eigenvalue weighted by Crippen LogP contribution is 2.15. The molecule has 0 aliphatic rings. The van der Waals surface area contributed by atoms with Crippen LogP contribution in [0.4, 0.5) is 0 Å². The summed E-state index contributed by atoms with van der Waals surface area (Å²) in [6.45, 7) is 7.48. The normalized spacial score (nSPS) is 12.3. The van der Waals surface area contributed by atoms with E-state index < -0.39 is 0 Å². The molecule has 0 saturated heterocycles. The van der Waals surface area contributed by atoms with Crippen molar-refractivity contribution in [2.75, 3.05) is 0 Å². The zero-order chi connectivity index (χ0) is 16.6. The van der Waals surface area contributed by atoms with Crippen LogP contribution < -0.4 is 5.32 Å². The molecule has 1 atom stereocenters. The number of H-pyrrole nitrogens is 1. The van der Waals surface area contributed by atoms with E-state index >= 15 is 0 Å². The van der Waals surface area contributed by atoms with E-state index in [2.05, 4.69) is 30.5 Å². The van der Waals surface area contributed by atoms with Gasteiger partial charge in [-0.3, -0.25) is 9.89 Å². The minimum absolute atomic E-state index is 0.193. The van der Waals surface area contributed by atoms with Crippen LogP contribution in [-0.2, 0) is 0 Å². The Balaban J connectivity index is 1.84. The van der Waals surface area contributed by atoms with Crippen molar-refractivity contribution >= 4 is 16.9 Å². The van der Waals surface area contributed by atoms with Crippen molar-refractivity contribution in [2.24, 2.45) is 0 Å². The number of nitrogens with one attached hydrogen (secondary N) is 2. The second-order valence-corrected chi connectivity index (χ2v) is 5.57. The molecule has 23 heavy (non-hydrogen) atoms. The van der Waals surface area contributed by atoms with Gasteiger partial charge in [-0.1, -0.05) is 0 Å². The van der Waals surface area contributed by atoms with Crippen LogP contribution in [-0.4, -0.2) is 31.1 Å². The molecule has 0 spiro atoms. The minimum Gasteiger partial charge on any atom is -0.342 e. The highest BCUT2D eigenvalue weighted by atomic mass is 16.1. The van der Waals surface area contributed by atoms with Crippen LogP contribution in [0, 0.1) is 20.8 Å². The molecular formula is C16H18N6O. The summed E-state index contributed by atoms with van der Waals surface area (Å²) >= 11 is 0. The molecule has 0 aliphatic carbocycles. The van der Waals surface area contributed by atoms with Gasteiger partial charge in [0.25, 0.3) is 5.91 Å². The Morgan fingerprint density at radius 3 is 2.43 bits per heavy atom. The standard InChI is InChI=1S/C16H18N6O/c1-8-9(2)18-14-7-12(5-6-13(14)17-8)16(23)19-10(3)15-20-11(4)21-22-15/h5-7,10H,1-4H3,(H,19,23)(H,20,21,22)/t10-/m1/s1. The lowest BCUT2D eigenvalue weighted by atomic mass is 10.1. The maximum atomic E-state index is 12.4. The monoisotopic (exact) mass is 310 g/mol. The van der Waals surface area contributed by atoms with Gasteiger partial charge in [-0.25, -0.2) is 15.0 Å². The van der Waals surface area contributed by atoms with Gasteiger partial charge in [0.1, 0.15) is 5.82 Å². The van der Waals surface area contributed by atoms with Crippen molar-refractivity contribution < 1.29 is 4.79 Å². The van der Waals surface area contributed by atoms with Gasteiger partial charge in [0.15, 0.2) is 5.82 Å². The van der Waals surface area contributed by atoms with Crippen molar-refractivity contribution in [1.82, 2.24) is 30.5 Å². The zero-order valence-electron chi connectivity index (χ0n) is 13.5. The maximum absolute atomic E-state index is 12.4. The van der Waals surface area contributed by atoms with Gasteiger partial charge in [0.2, 0.25) is 0 Å². The number of rotatable bonds is 3. The molecule has 1 aromatic carbocycles. The molecule has 7 nitrogen and oxygen atoms in total. The number of nitrogens with zero attached hydrogens (tertiary/aromatic N) is 4. The van der Waals surface area contributed by atoms with Crippen molar-refractivity contribution in [3.8, 4) is 0 Å². The largest absolute Gasteiger partial charge is 0.342 e. The van der Waals surface area contributed by atoms with Crippen LogP contribution in [0.1, 0.15) is 46.4 Å². The van der Waals surface area contributed by atoms with E-state index in [4.69, 9.17) is 0 Å². The van der Waals surface area contributed by atoms with Gasteiger partial charge in [0.05, 0.1) is 28.5 Å². The van der Waals surface area contributed by atoms with Gasteiger partial charge in [-0.2, -0.15) is 5.10 Å². The van der Waals surface area contributed by atoms with E-state index in [0.29, 0.717) is 22.7 Å². The molecule has 3 rings (SSSR count). The quantitative estimate of drug-likeness (QED) is 0.772. The Morgan fingerprint density at radius 2 is 1.78 bits per heavy atom. The Bertz CT molecular complexity index is 885. The van der Waals surface area contributed by atoms with E-state index in [-0.39, 0.29) is 11.9 Å². The first kappa shape index (κ1) is 15.1. The van der Waals surface area contributed by atoms with Gasteiger partial charge in [-0.15, -0.1) is 0 Å². The zero-order valence-corrected chi connectivity index (χ0v) is 13.5. The molecule has 118 valence electrons. The fourth-order valence-corrected chi connectivity index (χ4v) is 2.27. The number of carbonyl (C=O) groups excluding carboxylic acids is 1. The van der Waals surface area contributed by atoms with E-state index in [1.165, 1.54) is 0 Å². The van der Waals surface area contributed by atoms with E-state index in [1.54, 1.807) is 12.1 Å². The van der Waals surface area contributed by atoms with Crippen LogP contribution in [0.5, 0.6) is 0 Å². The third-order valence-corrected chi connectivity index (χ3v) is 3.69. The van der Waals surface area contributed by atoms with Crippen molar-refractivity contribution in [1.29, 1.82) is 0 Å². The number of benzene rings is 1. The molecule has 2 heterocycles. The first-order valence-corrected chi connectivity index (χ1v) is 7.39. The first-order chi connectivity index (χ1) is 10.9. The van der Waals surface area contributed by atoms with Crippen LogP contribution >= 0.6 is 0 Å². The molecule has 0 saturated carbocycles. The summed E-state index contributed by atoms with van der Waals surface area (Å²) in [5.74, 6) is 1.08. The third-order valence-electron chi connectivity index (χ3n) is 3.69. The van der Waals surface area contributed by atoms with E-state index in [0.717, 1.165) is 16.9 Å². The second kappa shape index (κ2) is 5.75. The molecule has 0 aliphatic heterocycles. The molecule has 2 N–H and O–H groups in total. The summed E-state index contributed by atoms with van der Waals surface area (Å²) in [6.07, 6.45) is 0. The smallest absolute Gasteiger partial charge is 0.251 e. The fraction of sp³-hybridized carbons (Fsp3) is 0.312. The van der Waals surface area contributed by atoms with Crippen molar-refractivity contribution in [2.45, 2.75) is 33.7 Å². The molecule has 0 bridgehead atoms. The summed E-state index contributed by atoms with van der Waals surface area (Å²) in [5, 5.41) is 9.71. The van der Waals surface area contributed by atoms with Crippen LogP contribution in [0.3, 0.4) is 0 Å². The van der Waals surface area contributed by atoms with Gasteiger partial charge < -0.3 is 5.32 Å². The summed E-state index contributed by atoms with van der Waals surface area (Å²) in [4.78, 5) is 25.6. The molecule has 0 unspecified atom stereocenters. The number of carbonyl (C=O) groups is 1. The highest BCUT2D eigenvalue weighted by Gasteiger charge is 2.15. The molecular weight excluding hydrogens is 292 g/mol. The van der Waals surface area contributed by atoms with Gasteiger partial charge >= 0.3 is 0 Å². The number of aromatic nitrogens is 5. The Labute approximate surface area is 133 Å². The lowest BCUT2D eigenvalue weighted by Crippen LogP contribution is -2.27. The summed E-state index contributed by atoms with van der Waals surface area (Å²) in [5.41, 5.74) is 3.78. The van der Waals surface area contributed by atoms with Gasteiger partial charge in [-0.05, 0) is 45.9 Å². The highest BCUT2D eigenvalue weighted by molar-refractivity contribution is 5.97. The summed E-state index contributed by atoms with van der Waals surface area (Å²) < 4.78 is 0. The minimum atomic E-state index is -0.283. The Hall–Kier alpha value is -2.83. The first-order valence-electron chi connectivity index (χ1n) is 7.39. The average molecular weight is 310 g/mol. The van der Waals surface area contributed by atoms with Crippen LogP contribution in [0.25, 0.3) is 11.0 Å². The Kier molecular flexibility index (Phi) is 3.77. The number of fused-ring (bicyclic) bond motifs is 1. The van der Waals surface area contributed by atoms with Crippen LogP contribution in [0.2, 0.25) is 0 Å². The second-order valence-electron chi connectivity index (χ2n) is 5.57. The number of aromatic amines is 1. The average Bonchev–Trinajstić information content (AvgIpc) is 2.94. The lowest BCUT2D eigenvalue weighted by molar-refractivity contribution is 0.0938. The topological polar surface area (TPSA) is 96.5 Å². The number of aryl methyl sites for hydroxylation is 3. The number of amides is 1. The Morgan fingerprint density at radius 1 is 1.09 bits per heavy atom. The van der Waals surface area contributed by atoms with E-state index in [9.17, 15) is 4.79 Å². The number of hydrogen-bond donors (Lipinski definition) is 2.